The Balaban J connectivity index is 1.83. The molecule has 47 heavy (non-hydrogen) atoms. The first-order chi connectivity index (χ1) is 22.4. The summed E-state index contributed by atoms with van der Waals surface area (Å²) in [6.45, 7) is 2.92. The van der Waals surface area contributed by atoms with Crippen LogP contribution in [-0.4, -0.2) is 56.3 Å². The van der Waals surface area contributed by atoms with Gasteiger partial charge in [0.25, 0.3) is 15.7 Å². The molecule has 0 radical (unpaired) electrons. The lowest BCUT2D eigenvalue weighted by molar-refractivity contribution is -0.385. The molecule has 4 rings (SSSR count). The molecule has 13 heteroatoms. The van der Waals surface area contributed by atoms with Crippen LogP contribution in [0.2, 0.25) is 0 Å². The van der Waals surface area contributed by atoms with Gasteiger partial charge in [0.15, 0.2) is 0 Å². The predicted molar refractivity (Wildman–Crippen MR) is 183 cm³/mol. The number of methoxy groups -OCH3 is 1. The highest BCUT2D eigenvalue weighted by atomic mass is 79.9. The lowest BCUT2D eigenvalue weighted by atomic mass is 10.0. The van der Waals surface area contributed by atoms with Crippen molar-refractivity contribution in [1.82, 2.24) is 10.2 Å². The Hall–Kier alpha value is -4.75. The molecule has 0 bridgehead atoms. The second kappa shape index (κ2) is 15.7. The summed E-state index contributed by atoms with van der Waals surface area (Å²) in [5, 5.41) is 14.5. The highest BCUT2D eigenvalue weighted by Crippen LogP contribution is 2.30. The lowest BCUT2D eigenvalue weighted by Gasteiger charge is -2.33. The Morgan fingerprint density at radius 3 is 2.21 bits per heavy atom. The maximum Gasteiger partial charge on any atom is 0.273 e. The van der Waals surface area contributed by atoms with Gasteiger partial charge in [-0.05, 0) is 67.4 Å². The maximum atomic E-state index is 14.5. The Bertz CT molecular complexity index is 1820. The zero-order valence-electron chi connectivity index (χ0n) is 26.1. The van der Waals surface area contributed by atoms with E-state index < -0.39 is 39.3 Å². The number of halogens is 1. The van der Waals surface area contributed by atoms with Gasteiger partial charge in [0.1, 0.15) is 18.3 Å². The molecule has 2 amide bonds. The first-order valence-corrected chi connectivity index (χ1v) is 16.9. The highest BCUT2D eigenvalue weighted by Gasteiger charge is 2.35. The Morgan fingerprint density at radius 1 is 0.957 bits per heavy atom. The van der Waals surface area contributed by atoms with Gasteiger partial charge in [-0.15, -0.1) is 0 Å². The van der Waals surface area contributed by atoms with E-state index in [9.17, 15) is 28.1 Å². The summed E-state index contributed by atoms with van der Waals surface area (Å²) in [6, 6.07) is 25.2. The Kier molecular flexibility index (Phi) is 11.7. The smallest absolute Gasteiger partial charge is 0.273 e. The normalized spacial score (nSPS) is 11.7. The zero-order valence-corrected chi connectivity index (χ0v) is 28.5. The van der Waals surface area contributed by atoms with Crippen molar-refractivity contribution in [2.24, 2.45) is 0 Å². The molecule has 0 aliphatic heterocycles. The molecule has 0 heterocycles. The maximum absolute atomic E-state index is 14.5. The summed E-state index contributed by atoms with van der Waals surface area (Å²) in [5.41, 5.74) is 1.57. The average Bonchev–Trinajstić information content (AvgIpc) is 3.06. The number of ether oxygens (including phenoxy) is 1. The van der Waals surface area contributed by atoms with Gasteiger partial charge in [0, 0.05) is 35.6 Å². The number of nitro groups is 1. The van der Waals surface area contributed by atoms with E-state index in [0.29, 0.717) is 12.3 Å². The van der Waals surface area contributed by atoms with Crippen LogP contribution < -0.4 is 14.4 Å². The summed E-state index contributed by atoms with van der Waals surface area (Å²) >= 11 is 3.42. The van der Waals surface area contributed by atoms with E-state index in [1.165, 1.54) is 43.2 Å². The minimum Gasteiger partial charge on any atom is -0.497 e. The number of benzene rings is 4. The van der Waals surface area contributed by atoms with Crippen molar-refractivity contribution in [2.45, 2.75) is 37.8 Å². The van der Waals surface area contributed by atoms with Crippen molar-refractivity contribution in [3.63, 3.8) is 0 Å². The van der Waals surface area contributed by atoms with E-state index >= 15 is 0 Å². The third-order valence-corrected chi connectivity index (χ3v) is 9.79. The first-order valence-electron chi connectivity index (χ1n) is 14.7. The van der Waals surface area contributed by atoms with Crippen LogP contribution >= 0.6 is 15.9 Å². The summed E-state index contributed by atoms with van der Waals surface area (Å²) in [7, 11) is -3.07. The third-order valence-electron chi connectivity index (χ3n) is 7.49. The van der Waals surface area contributed by atoms with Gasteiger partial charge in [-0.3, -0.25) is 24.0 Å². The fourth-order valence-electron chi connectivity index (χ4n) is 4.98. The quantitative estimate of drug-likeness (QED) is 0.131. The number of nitrogens with one attached hydrogen (secondary N) is 1. The number of hydrogen-bond donors (Lipinski definition) is 1. The summed E-state index contributed by atoms with van der Waals surface area (Å²) in [6.07, 6.45) is 0.175. The zero-order chi connectivity index (χ0) is 34.1. The Labute approximate surface area is 282 Å². The molecule has 0 saturated carbocycles. The second-order valence-electron chi connectivity index (χ2n) is 10.7. The first kappa shape index (κ1) is 35.1. The topological polar surface area (TPSA) is 139 Å². The molecule has 0 fully saturated rings. The van der Waals surface area contributed by atoms with Gasteiger partial charge in [-0.25, -0.2) is 8.42 Å². The van der Waals surface area contributed by atoms with Crippen molar-refractivity contribution >= 4 is 49.1 Å². The van der Waals surface area contributed by atoms with Crippen LogP contribution in [0.5, 0.6) is 5.75 Å². The fraction of sp³-hybridized carbons (Fsp3) is 0.235. The lowest BCUT2D eigenvalue weighted by Crippen LogP contribution is -2.53. The molecule has 246 valence electrons. The van der Waals surface area contributed by atoms with E-state index in [1.54, 1.807) is 19.1 Å². The van der Waals surface area contributed by atoms with Crippen LogP contribution in [-0.2, 0) is 32.6 Å². The number of likely N-dealkylation sites (N-methyl/N-ethyl adjacent to an activating group) is 1. The van der Waals surface area contributed by atoms with Crippen LogP contribution in [0.4, 0.5) is 11.4 Å². The molecular weight excluding hydrogens is 688 g/mol. The molecule has 1 atom stereocenters. The summed E-state index contributed by atoms with van der Waals surface area (Å²) in [4.78, 5) is 40.1. The number of sulfonamides is 1. The van der Waals surface area contributed by atoms with Crippen LogP contribution in [0, 0.1) is 17.0 Å². The Morgan fingerprint density at radius 2 is 1.62 bits per heavy atom. The summed E-state index contributed by atoms with van der Waals surface area (Å²) in [5.74, 6) is -0.588. The number of anilines is 1. The van der Waals surface area contributed by atoms with E-state index in [1.807, 2.05) is 54.6 Å². The van der Waals surface area contributed by atoms with Gasteiger partial charge in [0.2, 0.25) is 11.8 Å². The molecule has 4 aromatic carbocycles. The fourth-order valence-corrected chi connectivity index (χ4v) is 6.68. The second-order valence-corrected chi connectivity index (χ2v) is 13.4. The number of aryl methyl sites for hydroxylation is 1. The van der Waals surface area contributed by atoms with Crippen molar-refractivity contribution < 1.29 is 27.7 Å². The molecular formula is C34H35BrN4O7S. The van der Waals surface area contributed by atoms with Crippen LogP contribution in [0.15, 0.2) is 106 Å². The SMILES string of the molecule is CCNC(=O)C(Cc1ccccc1)N(Cc1ccc(Br)cc1)C(=O)CN(c1ccc(OC)cc1)S(=O)(=O)c1ccc(C)c([N+](=O)[O-])c1. The van der Waals surface area contributed by atoms with E-state index in [2.05, 4.69) is 21.2 Å². The minimum atomic E-state index is -4.53. The monoisotopic (exact) mass is 722 g/mol. The van der Waals surface area contributed by atoms with Gasteiger partial charge in [0.05, 0.1) is 22.6 Å². The molecule has 0 spiro atoms. The van der Waals surface area contributed by atoms with Crippen molar-refractivity contribution in [3.05, 3.63) is 128 Å². The van der Waals surface area contributed by atoms with Crippen molar-refractivity contribution in [3.8, 4) is 5.75 Å². The van der Waals surface area contributed by atoms with Crippen LogP contribution in [0.3, 0.4) is 0 Å². The minimum absolute atomic E-state index is 0.00719. The molecule has 0 aromatic heterocycles. The molecule has 0 aliphatic rings. The van der Waals surface area contributed by atoms with E-state index in [0.717, 1.165) is 26.0 Å². The molecule has 1 unspecified atom stereocenters. The molecule has 0 saturated heterocycles. The summed E-state index contributed by atoms with van der Waals surface area (Å²) < 4.78 is 35.4. The van der Waals surface area contributed by atoms with Gasteiger partial charge < -0.3 is 15.0 Å². The number of carbonyl (C=O) groups excluding carboxylic acids is 2. The number of amides is 2. The van der Waals surface area contributed by atoms with Crippen molar-refractivity contribution in [1.29, 1.82) is 0 Å². The van der Waals surface area contributed by atoms with Gasteiger partial charge in [-0.2, -0.15) is 0 Å². The molecule has 4 aromatic rings. The van der Waals surface area contributed by atoms with Crippen LogP contribution in [0.1, 0.15) is 23.6 Å². The number of nitrogens with zero attached hydrogens (tertiary/aromatic N) is 3. The average molecular weight is 724 g/mol. The largest absolute Gasteiger partial charge is 0.497 e. The standard InChI is InChI=1S/C34H35BrN4O7S/c1-4-36-34(41)32(20-25-8-6-5-7-9-25)37(22-26-11-13-27(35)14-12-26)33(40)23-38(28-15-17-29(46-3)18-16-28)47(44,45)30-19-10-24(2)31(21-30)39(42)43/h5-19,21,32H,4,20,22-23H2,1-3H3,(H,36,41). The number of carbonyl (C=O) groups is 2. The third kappa shape index (κ3) is 8.74. The molecule has 0 aliphatic carbocycles. The number of rotatable bonds is 14. The highest BCUT2D eigenvalue weighted by molar-refractivity contribution is 9.10. The number of nitro benzene ring substituents is 1. The molecule has 1 N–H and O–H groups in total. The number of hydrogen-bond acceptors (Lipinski definition) is 7. The van der Waals surface area contributed by atoms with E-state index in [4.69, 9.17) is 4.74 Å². The van der Waals surface area contributed by atoms with Crippen molar-refractivity contribution in [2.75, 3.05) is 24.5 Å². The van der Waals surface area contributed by atoms with Crippen LogP contribution in [0.25, 0.3) is 0 Å². The predicted octanol–water partition coefficient (Wildman–Crippen LogP) is 5.65. The van der Waals surface area contributed by atoms with Gasteiger partial charge >= 0.3 is 0 Å². The van der Waals surface area contributed by atoms with Gasteiger partial charge in [-0.1, -0.05) is 64.5 Å². The van der Waals surface area contributed by atoms with E-state index in [-0.39, 0.29) is 34.8 Å². The molecule has 11 nitrogen and oxygen atoms in total.